The van der Waals surface area contributed by atoms with Crippen molar-refractivity contribution >= 4 is 17.1 Å². The van der Waals surface area contributed by atoms with E-state index in [0.717, 1.165) is 7.11 Å². The molecule has 2 unspecified atom stereocenters. The number of nitrogens with one attached hydrogen (secondary N) is 1. The van der Waals surface area contributed by atoms with Gasteiger partial charge in [0.25, 0.3) is 5.56 Å². The Morgan fingerprint density at radius 3 is 2.68 bits per heavy atom. The van der Waals surface area contributed by atoms with E-state index in [9.17, 15) is 4.79 Å². The molecule has 0 aromatic carbocycles. The standard InChI is InChI=1S/C10H13N5O5.CH4O/c11-9-13-7-6(8(16)14-9)12-3-15(7)5-2-1-4(20-5)10(17,18)19;1-2/h3-5,17-19H,1-2H2,(H3,11,13,14,16);2H,1H3. The van der Waals surface area contributed by atoms with E-state index >= 15 is 0 Å². The lowest BCUT2D eigenvalue weighted by atomic mass is 10.2. The summed E-state index contributed by atoms with van der Waals surface area (Å²) in [6.07, 6.45) is 0.210. The largest absolute Gasteiger partial charge is 0.400 e. The highest BCUT2D eigenvalue weighted by Crippen LogP contribution is 2.33. The molecule has 0 bridgehead atoms. The van der Waals surface area contributed by atoms with E-state index in [-0.39, 0.29) is 23.5 Å². The first-order valence-corrected chi connectivity index (χ1v) is 6.36. The second-order valence-electron chi connectivity index (χ2n) is 4.62. The molecule has 122 valence electrons. The van der Waals surface area contributed by atoms with Gasteiger partial charge in [-0.15, -0.1) is 0 Å². The number of nitrogens with zero attached hydrogens (tertiary/aromatic N) is 3. The molecule has 0 spiro atoms. The van der Waals surface area contributed by atoms with Crippen LogP contribution in [0.2, 0.25) is 0 Å². The fourth-order valence-corrected chi connectivity index (χ4v) is 2.26. The molecule has 1 aliphatic rings. The maximum absolute atomic E-state index is 11.6. The molecule has 0 radical (unpaired) electrons. The summed E-state index contributed by atoms with van der Waals surface area (Å²) in [6, 6.07) is 0. The summed E-state index contributed by atoms with van der Waals surface area (Å²) in [6.45, 7) is 0. The molecule has 7 N–H and O–H groups in total. The van der Waals surface area contributed by atoms with Crippen molar-refractivity contribution in [3.05, 3.63) is 16.7 Å². The highest BCUT2D eigenvalue weighted by molar-refractivity contribution is 5.70. The number of H-pyrrole nitrogens is 1. The zero-order valence-electron chi connectivity index (χ0n) is 11.7. The average molecular weight is 315 g/mol. The predicted octanol–water partition coefficient (Wildman–Crippen LogP) is -2.38. The highest BCUT2D eigenvalue weighted by Gasteiger charge is 2.41. The second kappa shape index (κ2) is 5.98. The van der Waals surface area contributed by atoms with Crippen molar-refractivity contribution < 1.29 is 25.2 Å². The lowest BCUT2D eigenvalue weighted by molar-refractivity contribution is -0.360. The number of ether oxygens (including phenoxy) is 1. The van der Waals surface area contributed by atoms with Crippen LogP contribution in [0.15, 0.2) is 11.1 Å². The van der Waals surface area contributed by atoms with E-state index in [4.69, 9.17) is 30.9 Å². The Balaban J connectivity index is 0.000000847. The summed E-state index contributed by atoms with van der Waals surface area (Å²) in [5.41, 5.74) is 5.35. The summed E-state index contributed by atoms with van der Waals surface area (Å²) in [4.78, 5) is 21.9. The van der Waals surface area contributed by atoms with E-state index < -0.39 is 23.9 Å². The Morgan fingerprint density at radius 2 is 2.09 bits per heavy atom. The SMILES string of the molecule is CO.Nc1nc2c(ncn2C2CCC(C(O)(O)O)O2)c(=O)[nH]1. The van der Waals surface area contributed by atoms with E-state index in [1.165, 1.54) is 10.9 Å². The minimum absolute atomic E-state index is 0.0559. The summed E-state index contributed by atoms with van der Waals surface area (Å²) in [7, 11) is 1.00. The van der Waals surface area contributed by atoms with Crippen LogP contribution in [0.25, 0.3) is 11.2 Å². The minimum atomic E-state index is -2.91. The maximum Gasteiger partial charge on any atom is 0.303 e. The molecular formula is C11H17N5O6. The topological polar surface area (TPSA) is 180 Å². The monoisotopic (exact) mass is 315 g/mol. The van der Waals surface area contributed by atoms with Gasteiger partial charge in [0.15, 0.2) is 11.2 Å². The van der Waals surface area contributed by atoms with Crippen molar-refractivity contribution in [3.8, 4) is 0 Å². The van der Waals surface area contributed by atoms with Crippen LogP contribution >= 0.6 is 0 Å². The van der Waals surface area contributed by atoms with Gasteiger partial charge in [0.2, 0.25) is 5.95 Å². The number of aliphatic hydroxyl groups excluding tert-OH is 1. The Morgan fingerprint density at radius 1 is 1.41 bits per heavy atom. The molecule has 3 rings (SSSR count). The molecule has 1 saturated heterocycles. The van der Waals surface area contributed by atoms with Crippen LogP contribution in [0.5, 0.6) is 0 Å². The van der Waals surface area contributed by atoms with Crippen LogP contribution in [0.1, 0.15) is 19.1 Å². The van der Waals surface area contributed by atoms with Gasteiger partial charge in [-0.2, -0.15) is 4.98 Å². The highest BCUT2D eigenvalue weighted by atomic mass is 16.7. The number of anilines is 1. The van der Waals surface area contributed by atoms with Gasteiger partial charge < -0.3 is 30.9 Å². The molecule has 11 nitrogen and oxygen atoms in total. The van der Waals surface area contributed by atoms with Crippen molar-refractivity contribution in [1.82, 2.24) is 19.5 Å². The molecular weight excluding hydrogens is 298 g/mol. The Kier molecular flexibility index (Phi) is 4.44. The summed E-state index contributed by atoms with van der Waals surface area (Å²) < 4.78 is 6.80. The third-order valence-corrected chi connectivity index (χ3v) is 3.19. The Hall–Kier alpha value is -2.05. The zero-order valence-corrected chi connectivity index (χ0v) is 11.7. The smallest absolute Gasteiger partial charge is 0.303 e. The van der Waals surface area contributed by atoms with Gasteiger partial charge in [-0.25, -0.2) is 4.98 Å². The number of imidazole rings is 1. The number of nitrogens with two attached hydrogens (primary N) is 1. The van der Waals surface area contributed by atoms with Gasteiger partial charge in [-0.3, -0.25) is 14.3 Å². The normalized spacial score (nSPS) is 21.7. The molecule has 0 saturated carbocycles. The maximum atomic E-state index is 11.6. The predicted molar refractivity (Wildman–Crippen MR) is 73.2 cm³/mol. The van der Waals surface area contributed by atoms with Gasteiger partial charge >= 0.3 is 5.97 Å². The summed E-state index contributed by atoms with van der Waals surface area (Å²) in [5.74, 6) is -2.96. The van der Waals surface area contributed by atoms with E-state index in [1.54, 1.807) is 0 Å². The molecule has 3 heterocycles. The molecule has 2 aromatic rings. The van der Waals surface area contributed by atoms with Crippen molar-refractivity contribution in [2.24, 2.45) is 0 Å². The van der Waals surface area contributed by atoms with Gasteiger partial charge in [0.1, 0.15) is 12.3 Å². The molecule has 0 amide bonds. The molecule has 11 heteroatoms. The lowest BCUT2D eigenvalue weighted by Gasteiger charge is -2.22. The molecule has 0 aliphatic carbocycles. The van der Waals surface area contributed by atoms with Gasteiger partial charge in [-0.1, -0.05) is 0 Å². The number of aromatic amines is 1. The average Bonchev–Trinajstić information content (AvgIpc) is 3.05. The number of nitrogen functional groups attached to an aromatic ring is 1. The van der Waals surface area contributed by atoms with Crippen LogP contribution < -0.4 is 11.3 Å². The van der Waals surface area contributed by atoms with Gasteiger partial charge in [-0.05, 0) is 12.8 Å². The molecule has 2 aromatic heterocycles. The summed E-state index contributed by atoms with van der Waals surface area (Å²) in [5, 5.41) is 34.3. The number of fused-ring (bicyclic) bond motifs is 1. The Labute approximate surface area is 123 Å². The zero-order chi connectivity index (χ0) is 16.5. The third kappa shape index (κ3) is 2.93. The van der Waals surface area contributed by atoms with Crippen LogP contribution in [-0.4, -0.2) is 59.1 Å². The van der Waals surface area contributed by atoms with E-state index in [1.807, 2.05) is 0 Å². The quantitative estimate of drug-likeness (QED) is 0.330. The molecule has 2 atom stereocenters. The molecule has 1 fully saturated rings. The third-order valence-electron chi connectivity index (χ3n) is 3.19. The van der Waals surface area contributed by atoms with Gasteiger partial charge in [0.05, 0.1) is 6.33 Å². The number of rotatable bonds is 2. The van der Waals surface area contributed by atoms with Gasteiger partial charge in [0, 0.05) is 7.11 Å². The first-order valence-electron chi connectivity index (χ1n) is 6.36. The van der Waals surface area contributed by atoms with Crippen molar-refractivity contribution in [3.63, 3.8) is 0 Å². The number of hydrogen-bond donors (Lipinski definition) is 6. The molecule has 1 aliphatic heterocycles. The van der Waals surface area contributed by atoms with E-state index in [2.05, 4.69) is 15.0 Å². The minimum Gasteiger partial charge on any atom is -0.400 e. The van der Waals surface area contributed by atoms with Crippen molar-refractivity contribution in [2.45, 2.75) is 31.1 Å². The number of aliphatic hydroxyl groups is 4. The number of aromatic nitrogens is 4. The first-order chi connectivity index (χ1) is 10.4. The van der Waals surface area contributed by atoms with Crippen molar-refractivity contribution in [1.29, 1.82) is 0 Å². The first kappa shape index (κ1) is 16.3. The second-order valence-corrected chi connectivity index (χ2v) is 4.62. The van der Waals surface area contributed by atoms with Crippen LogP contribution in [0.3, 0.4) is 0 Å². The molecule has 22 heavy (non-hydrogen) atoms. The lowest BCUT2D eigenvalue weighted by Crippen LogP contribution is -2.41. The fourth-order valence-electron chi connectivity index (χ4n) is 2.26. The fraction of sp³-hybridized carbons (Fsp3) is 0.545. The van der Waals surface area contributed by atoms with E-state index in [0.29, 0.717) is 6.42 Å². The summed E-state index contributed by atoms with van der Waals surface area (Å²) >= 11 is 0. The number of hydrogen-bond acceptors (Lipinski definition) is 9. The van der Waals surface area contributed by atoms with Crippen LogP contribution in [0.4, 0.5) is 5.95 Å². The van der Waals surface area contributed by atoms with Crippen LogP contribution in [0, 0.1) is 0 Å². The Bertz CT molecular complexity index is 705. The van der Waals surface area contributed by atoms with Crippen LogP contribution in [-0.2, 0) is 4.74 Å². The van der Waals surface area contributed by atoms with Crippen molar-refractivity contribution in [2.75, 3.05) is 12.8 Å².